The molecular formula is C12H13IN2. The molecule has 2 rings (SSSR count). The van der Waals surface area contributed by atoms with E-state index in [0.29, 0.717) is 6.04 Å². The summed E-state index contributed by atoms with van der Waals surface area (Å²) in [5.41, 5.74) is 2.41. The molecule has 0 N–H and O–H groups in total. The van der Waals surface area contributed by atoms with Crippen LogP contribution < -0.4 is 0 Å². The second kappa shape index (κ2) is 4.35. The largest absolute Gasteiger partial charge is 0.270 e. The molecule has 0 radical (unpaired) electrons. The molecule has 0 aliphatic carbocycles. The molecule has 1 heterocycles. The van der Waals surface area contributed by atoms with Gasteiger partial charge >= 0.3 is 0 Å². The summed E-state index contributed by atoms with van der Waals surface area (Å²) in [6, 6.07) is 8.90. The van der Waals surface area contributed by atoms with Crippen molar-refractivity contribution in [1.82, 2.24) is 9.78 Å². The zero-order valence-electron chi connectivity index (χ0n) is 8.81. The molecule has 3 heteroatoms. The van der Waals surface area contributed by atoms with E-state index in [0.717, 1.165) is 0 Å². The molecule has 0 unspecified atom stereocenters. The van der Waals surface area contributed by atoms with Crippen LogP contribution in [0.15, 0.2) is 36.7 Å². The van der Waals surface area contributed by atoms with Crippen molar-refractivity contribution < 1.29 is 0 Å². The van der Waals surface area contributed by atoms with Crippen molar-refractivity contribution in [2.24, 2.45) is 0 Å². The second-order valence-electron chi connectivity index (χ2n) is 3.81. The molecule has 0 saturated heterocycles. The summed E-state index contributed by atoms with van der Waals surface area (Å²) in [6.45, 7) is 4.26. The summed E-state index contributed by atoms with van der Waals surface area (Å²) in [4.78, 5) is 0. The van der Waals surface area contributed by atoms with Gasteiger partial charge in [0.2, 0.25) is 0 Å². The fourth-order valence-electron chi connectivity index (χ4n) is 1.41. The van der Waals surface area contributed by atoms with Crippen LogP contribution in [0.1, 0.15) is 19.9 Å². The first-order chi connectivity index (χ1) is 7.16. The van der Waals surface area contributed by atoms with Crippen LogP contribution in [0.3, 0.4) is 0 Å². The predicted molar refractivity (Wildman–Crippen MR) is 70.8 cm³/mol. The minimum absolute atomic E-state index is 0.419. The molecule has 0 aliphatic heterocycles. The Morgan fingerprint density at radius 3 is 2.33 bits per heavy atom. The Morgan fingerprint density at radius 2 is 1.80 bits per heavy atom. The van der Waals surface area contributed by atoms with E-state index < -0.39 is 0 Å². The number of benzene rings is 1. The molecule has 0 amide bonds. The first kappa shape index (κ1) is 10.7. The van der Waals surface area contributed by atoms with Gasteiger partial charge in [-0.2, -0.15) is 5.10 Å². The second-order valence-corrected chi connectivity index (χ2v) is 5.06. The fourth-order valence-corrected chi connectivity index (χ4v) is 1.77. The van der Waals surface area contributed by atoms with Crippen LogP contribution in [-0.2, 0) is 0 Å². The van der Waals surface area contributed by atoms with Gasteiger partial charge in [-0.1, -0.05) is 12.1 Å². The van der Waals surface area contributed by atoms with E-state index in [2.05, 4.69) is 72.0 Å². The Morgan fingerprint density at radius 1 is 1.13 bits per heavy atom. The van der Waals surface area contributed by atoms with Crippen LogP contribution in [0.4, 0.5) is 0 Å². The lowest BCUT2D eigenvalue weighted by Gasteiger charge is -2.03. The number of hydrogen-bond donors (Lipinski definition) is 0. The summed E-state index contributed by atoms with van der Waals surface area (Å²) in [5, 5.41) is 4.33. The van der Waals surface area contributed by atoms with Gasteiger partial charge in [0.05, 0.1) is 6.20 Å². The normalized spacial score (nSPS) is 10.9. The van der Waals surface area contributed by atoms with Gasteiger partial charge in [-0.15, -0.1) is 0 Å². The van der Waals surface area contributed by atoms with Gasteiger partial charge in [-0.25, -0.2) is 0 Å². The van der Waals surface area contributed by atoms with E-state index in [9.17, 15) is 0 Å². The molecule has 0 spiro atoms. The molecule has 0 aliphatic rings. The number of halogens is 1. The summed E-state index contributed by atoms with van der Waals surface area (Å²) in [5.74, 6) is 0. The first-order valence-corrected chi connectivity index (χ1v) is 6.05. The van der Waals surface area contributed by atoms with E-state index in [-0.39, 0.29) is 0 Å². The smallest absolute Gasteiger partial charge is 0.0568 e. The summed E-state index contributed by atoms with van der Waals surface area (Å²) in [7, 11) is 0. The first-order valence-electron chi connectivity index (χ1n) is 4.97. The predicted octanol–water partition coefficient (Wildman–Crippen LogP) is 3.74. The SMILES string of the molecule is CC(C)n1cc(-c2ccc(I)cc2)cn1. The summed E-state index contributed by atoms with van der Waals surface area (Å²) < 4.78 is 3.24. The highest BCUT2D eigenvalue weighted by Crippen LogP contribution is 2.20. The van der Waals surface area contributed by atoms with E-state index in [1.54, 1.807) is 0 Å². The van der Waals surface area contributed by atoms with Crippen LogP contribution in [0.2, 0.25) is 0 Å². The van der Waals surface area contributed by atoms with E-state index >= 15 is 0 Å². The molecule has 15 heavy (non-hydrogen) atoms. The van der Waals surface area contributed by atoms with Gasteiger partial charge < -0.3 is 0 Å². The maximum atomic E-state index is 4.33. The lowest BCUT2D eigenvalue weighted by molar-refractivity contribution is 0.532. The highest BCUT2D eigenvalue weighted by molar-refractivity contribution is 14.1. The molecule has 2 nitrogen and oxygen atoms in total. The third-order valence-corrected chi connectivity index (χ3v) is 3.03. The zero-order valence-corrected chi connectivity index (χ0v) is 11.0. The molecule has 1 aromatic heterocycles. The van der Waals surface area contributed by atoms with E-state index in [1.807, 2.05) is 10.9 Å². The Hall–Kier alpha value is -0.840. The average molecular weight is 312 g/mol. The van der Waals surface area contributed by atoms with Gasteiger partial charge in [-0.05, 0) is 54.1 Å². The number of hydrogen-bond acceptors (Lipinski definition) is 1. The van der Waals surface area contributed by atoms with E-state index in [4.69, 9.17) is 0 Å². The van der Waals surface area contributed by atoms with Crippen molar-refractivity contribution in [3.05, 3.63) is 40.2 Å². The van der Waals surface area contributed by atoms with Crippen molar-refractivity contribution in [2.75, 3.05) is 0 Å². The third kappa shape index (κ3) is 2.40. The molecule has 0 atom stereocenters. The minimum Gasteiger partial charge on any atom is -0.270 e. The maximum Gasteiger partial charge on any atom is 0.0568 e. The fraction of sp³-hybridized carbons (Fsp3) is 0.250. The lowest BCUT2D eigenvalue weighted by atomic mass is 10.1. The van der Waals surface area contributed by atoms with Gasteiger partial charge in [0.25, 0.3) is 0 Å². The highest BCUT2D eigenvalue weighted by atomic mass is 127. The quantitative estimate of drug-likeness (QED) is 0.773. The van der Waals surface area contributed by atoms with E-state index in [1.165, 1.54) is 14.7 Å². The van der Waals surface area contributed by atoms with Crippen molar-refractivity contribution in [3.8, 4) is 11.1 Å². The Balaban J connectivity index is 2.33. The van der Waals surface area contributed by atoms with Crippen LogP contribution in [0, 0.1) is 3.57 Å². The molecule has 0 fully saturated rings. The molecule has 0 saturated carbocycles. The van der Waals surface area contributed by atoms with Crippen molar-refractivity contribution in [3.63, 3.8) is 0 Å². The number of rotatable bonds is 2. The Bertz CT molecular complexity index is 443. The summed E-state index contributed by atoms with van der Waals surface area (Å²) in [6.07, 6.45) is 4.01. The molecule has 78 valence electrons. The van der Waals surface area contributed by atoms with Crippen LogP contribution in [-0.4, -0.2) is 9.78 Å². The highest BCUT2D eigenvalue weighted by Gasteiger charge is 2.03. The third-order valence-electron chi connectivity index (χ3n) is 2.31. The number of aromatic nitrogens is 2. The standard InChI is InChI=1S/C12H13IN2/c1-9(2)15-8-11(7-14-15)10-3-5-12(13)6-4-10/h3-9H,1-2H3. The monoisotopic (exact) mass is 312 g/mol. The topological polar surface area (TPSA) is 17.8 Å². The van der Waals surface area contributed by atoms with Crippen molar-refractivity contribution in [2.45, 2.75) is 19.9 Å². The van der Waals surface area contributed by atoms with Crippen LogP contribution in [0.25, 0.3) is 11.1 Å². The van der Waals surface area contributed by atoms with Gasteiger partial charge in [0, 0.05) is 21.4 Å². The number of nitrogens with zero attached hydrogens (tertiary/aromatic N) is 2. The minimum atomic E-state index is 0.419. The van der Waals surface area contributed by atoms with Crippen LogP contribution >= 0.6 is 22.6 Å². The van der Waals surface area contributed by atoms with Crippen molar-refractivity contribution >= 4 is 22.6 Å². The Kier molecular flexibility index (Phi) is 3.09. The maximum absolute atomic E-state index is 4.33. The average Bonchev–Trinajstić information content (AvgIpc) is 2.68. The lowest BCUT2D eigenvalue weighted by Crippen LogP contribution is -1.99. The molecule has 1 aromatic carbocycles. The van der Waals surface area contributed by atoms with Crippen LogP contribution in [0.5, 0.6) is 0 Å². The summed E-state index contributed by atoms with van der Waals surface area (Å²) >= 11 is 2.31. The van der Waals surface area contributed by atoms with Crippen molar-refractivity contribution in [1.29, 1.82) is 0 Å². The molecular weight excluding hydrogens is 299 g/mol. The van der Waals surface area contributed by atoms with Gasteiger partial charge in [-0.3, -0.25) is 4.68 Å². The zero-order chi connectivity index (χ0) is 10.8. The molecule has 2 aromatic rings. The van der Waals surface area contributed by atoms with Gasteiger partial charge in [0.15, 0.2) is 0 Å². The Labute approximate surface area is 103 Å². The van der Waals surface area contributed by atoms with Gasteiger partial charge in [0.1, 0.15) is 0 Å². The molecule has 0 bridgehead atoms.